The zero-order valence-corrected chi connectivity index (χ0v) is 11.8. The van der Waals surface area contributed by atoms with Gasteiger partial charge in [-0.1, -0.05) is 13.8 Å². The van der Waals surface area contributed by atoms with Crippen LogP contribution in [-0.2, 0) is 6.54 Å². The lowest BCUT2D eigenvalue weighted by molar-refractivity contribution is 0.133. The standard InChI is InChI=1S/C12H18BrNS/c1-9-5-6-14(7-10(9)2)8-11-3-4-12(13)15-11/h3-4,9-10H,5-8H2,1-2H3. The number of piperidine rings is 1. The Kier molecular flexibility index (Phi) is 3.86. The van der Waals surface area contributed by atoms with Crippen molar-refractivity contribution < 1.29 is 0 Å². The van der Waals surface area contributed by atoms with Crippen LogP contribution in [0.15, 0.2) is 15.9 Å². The summed E-state index contributed by atoms with van der Waals surface area (Å²) in [6, 6.07) is 4.38. The first-order valence-electron chi connectivity index (χ1n) is 5.61. The van der Waals surface area contributed by atoms with E-state index in [0.29, 0.717) is 0 Å². The molecule has 2 atom stereocenters. The number of hydrogen-bond donors (Lipinski definition) is 0. The van der Waals surface area contributed by atoms with E-state index in [-0.39, 0.29) is 0 Å². The highest BCUT2D eigenvalue weighted by Crippen LogP contribution is 2.27. The normalized spacial score (nSPS) is 28.2. The molecule has 0 aromatic carbocycles. The van der Waals surface area contributed by atoms with Gasteiger partial charge < -0.3 is 0 Å². The van der Waals surface area contributed by atoms with Crippen molar-refractivity contribution in [2.75, 3.05) is 13.1 Å². The minimum Gasteiger partial charge on any atom is -0.298 e. The third-order valence-corrected chi connectivity index (χ3v) is 5.03. The lowest BCUT2D eigenvalue weighted by Gasteiger charge is -2.34. The van der Waals surface area contributed by atoms with E-state index in [2.05, 4.69) is 46.8 Å². The molecule has 1 saturated heterocycles. The number of likely N-dealkylation sites (tertiary alicyclic amines) is 1. The predicted molar refractivity (Wildman–Crippen MR) is 70.2 cm³/mol. The second-order valence-corrected chi connectivity index (χ2v) is 7.23. The molecule has 1 nitrogen and oxygen atoms in total. The van der Waals surface area contributed by atoms with Crippen LogP contribution in [-0.4, -0.2) is 18.0 Å². The smallest absolute Gasteiger partial charge is 0.0701 e. The zero-order valence-electron chi connectivity index (χ0n) is 9.37. The van der Waals surface area contributed by atoms with Gasteiger partial charge in [-0.05, 0) is 52.9 Å². The van der Waals surface area contributed by atoms with E-state index in [9.17, 15) is 0 Å². The summed E-state index contributed by atoms with van der Waals surface area (Å²) in [7, 11) is 0. The fourth-order valence-corrected chi connectivity index (χ4v) is 3.68. The van der Waals surface area contributed by atoms with Gasteiger partial charge in [0.05, 0.1) is 3.79 Å². The summed E-state index contributed by atoms with van der Waals surface area (Å²) in [5.74, 6) is 1.75. The minimum absolute atomic E-state index is 0.849. The second kappa shape index (κ2) is 4.98. The SMILES string of the molecule is CC1CCN(Cc2ccc(Br)s2)CC1C. The maximum absolute atomic E-state index is 3.52. The van der Waals surface area contributed by atoms with Gasteiger partial charge in [-0.2, -0.15) is 0 Å². The Morgan fingerprint density at radius 2 is 2.20 bits per heavy atom. The third kappa shape index (κ3) is 3.05. The predicted octanol–water partition coefficient (Wildman–Crippen LogP) is 3.99. The molecule has 15 heavy (non-hydrogen) atoms. The fraction of sp³-hybridized carbons (Fsp3) is 0.667. The molecule has 0 saturated carbocycles. The van der Waals surface area contributed by atoms with Crippen LogP contribution in [0.4, 0.5) is 0 Å². The molecular formula is C12H18BrNS. The molecular weight excluding hydrogens is 270 g/mol. The van der Waals surface area contributed by atoms with Crippen molar-refractivity contribution >= 4 is 27.3 Å². The highest BCUT2D eigenvalue weighted by atomic mass is 79.9. The van der Waals surface area contributed by atoms with Gasteiger partial charge in [-0.3, -0.25) is 4.90 Å². The molecule has 1 fully saturated rings. The third-order valence-electron chi connectivity index (χ3n) is 3.43. The van der Waals surface area contributed by atoms with Crippen LogP contribution >= 0.6 is 27.3 Å². The summed E-state index contributed by atoms with van der Waals surface area (Å²) in [4.78, 5) is 4.06. The van der Waals surface area contributed by atoms with E-state index in [0.717, 1.165) is 18.4 Å². The first kappa shape index (κ1) is 11.6. The summed E-state index contributed by atoms with van der Waals surface area (Å²) in [5, 5.41) is 0. The maximum Gasteiger partial charge on any atom is 0.0701 e. The van der Waals surface area contributed by atoms with Gasteiger partial charge in [0.15, 0.2) is 0 Å². The van der Waals surface area contributed by atoms with Crippen molar-refractivity contribution in [2.24, 2.45) is 11.8 Å². The van der Waals surface area contributed by atoms with Crippen molar-refractivity contribution in [2.45, 2.75) is 26.8 Å². The Bertz CT molecular complexity index is 323. The van der Waals surface area contributed by atoms with Gasteiger partial charge in [0.2, 0.25) is 0 Å². The summed E-state index contributed by atoms with van der Waals surface area (Å²) in [6.45, 7) is 8.41. The van der Waals surface area contributed by atoms with E-state index in [1.807, 2.05) is 11.3 Å². The van der Waals surface area contributed by atoms with Crippen LogP contribution in [0.3, 0.4) is 0 Å². The van der Waals surface area contributed by atoms with Crippen molar-refractivity contribution in [3.63, 3.8) is 0 Å². The number of nitrogens with zero attached hydrogens (tertiary/aromatic N) is 1. The van der Waals surface area contributed by atoms with Gasteiger partial charge >= 0.3 is 0 Å². The average molecular weight is 288 g/mol. The minimum atomic E-state index is 0.849. The lowest BCUT2D eigenvalue weighted by atomic mass is 9.89. The monoisotopic (exact) mass is 287 g/mol. The van der Waals surface area contributed by atoms with Gasteiger partial charge in [-0.15, -0.1) is 11.3 Å². The van der Waals surface area contributed by atoms with Crippen molar-refractivity contribution in [1.29, 1.82) is 0 Å². The van der Waals surface area contributed by atoms with Gasteiger partial charge in [-0.25, -0.2) is 0 Å². The van der Waals surface area contributed by atoms with Crippen LogP contribution in [0.1, 0.15) is 25.1 Å². The molecule has 2 heterocycles. The van der Waals surface area contributed by atoms with Crippen LogP contribution in [0.5, 0.6) is 0 Å². The summed E-state index contributed by atoms with van der Waals surface area (Å²) < 4.78 is 1.25. The molecule has 2 rings (SSSR count). The van der Waals surface area contributed by atoms with E-state index in [4.69, 9.17) is 0 Å². The topological polar surface area (TPSA) is 3.24 Å². The summed E-state index contributed by atoms with van der Waals surface area (Å²) in [5.41, 5.74) is 0. The number of rotatable bonds is 2. The van der Waals surface area contributed by atoms with E-state index >= 15 is 0 Å². The Labute approximate surface area is 105 Å². The molecule has 1 aromatic heterocycles. The second-order valence-electron chi connectivity index (χ2n) is 4.68. The summed E-state index contributed by atoms with van der Waals surface area (Å²) >= 11 is 5.38. The maximum atomic E-state index is 3.52. The molecule has 0 spiro atoms. The van der Waals surface area contributed by atoms with Crippen LogP contribution < -0.4 is 0 Å². The van der Waals surface area contributed by atoms with Gasteiger partial charge in [0, 0.05) is 18.0 Å². The number of thiophene rings is 1. The Hall–Kier alpha value is 0.140. The molecule has 3 heteroatoms. The molecule has 1 aliphatic rings. The van der Waals surface area contributed by atoms with E-state index in [1.165, 1.54) is 28.2 Å². The molecule has 0 amide bonds. The molecule has 1 aliphatic heterocycles. The summed E-state index contributed by atoms with van der Waals surface area (Å²) in [6.07, 6.45) is 1.35. The molecule has 84 valence electrons. The lowest BCUT2D eigenvalue weighted by Crippen LogP contribution is -2.37. The van der Waals surface area contributed by atoms with Gasteiger partial charge in [0.25, 0.3) is 0 Å². The van der Waals surface area contributed by atoms with Crippen LogP contribution in [0.2, 0.25) is 0 Å². The highest BCUT2D eigenvalue weighted by Gasteiger charge is 2.22. The van der Waals surface area contributed by atoms with Crippen LogP contribution in [0, 0.1) is 11.8 Å². The molecule has 0 bridgehead atoms. The number of hydrogen-bond acceptors (Lipinski definition) is 2. The highest BCUT2D eigenvalue weighted by molar-refractivity contribution is 9.11. The molecule has 0 radical (unpaired) electrons. The molecule has 0 N–H and O–H groups in total. The quantitative estimate of drug-likeness (QED) is 0.795. The number of halogens is 1. The van der Waals surface area contributed by atoms with Gasteiger partial charge in [0.1, 0.15) is 0 Å². The Balaban J connectivity index is 1.90. The average Bonchev–Trinajstić information content (AvgIpc) is 2.58. The van der Waals surface area contributed by atoms with E-state index in [1.54, 1.807) is 0 Å². The van der Waals surface area contributed by atoms with Crippen molar-refractivity contribution in [3.05, 3.63) is 20.8 Å². The largest absolute Gasteiger partial charge is 0.298 e. The molecule has 2 unspecified atom stereocenters. The molecule has 1 aromatic rings. The van der Waals surface area contributed by atoms with Crippen molar-refractivity contribution in [3.8, 4) is 0 Å². The fourth-order valence-electron chi connectivity index (χ4n) is 2.15. The zero-order chi connectivity index (χ0) is 10.8. The Morgan fingerprint density at radius 3 is 2.80 bits per heavy atom. The first-order chi connectivity index (χ1) is 7.15. The van der Waals surface area contributed by atoms with E-state index < -0.39 is 0 Å². The van der Waals surface area contributed by atoms with Crippen LogP contribution in [0.25, 0.3) is 0 Å². The Morgan fingerprint density at radius 1 is 1.40 bits per heavy atom. The molecule has 0 aliphatic carbocycles. The first-order valence-corrected chi connectivity index (χ1v) is 7.22. The van der Waals surface area contributed by atoms with Crippen molar-refractivity contribution in [1.82, 2.24) is 4.90 Å².